The fourth-order valence-corrected chi connectivity index (χ4v) is 3.79. The molecule has 1 aliphatic rings. The number of aromatic nitrogens is 2. The fraction of sp³-hybridized carbons (Fsp3) is 0.0385. The van der Waals surface area contributed by atoms with Crippen LogP contribution in [0.5, 0.6) is 0 Å². The van der Waals surface area contributed by atoms with E-state index in [2.05, 4.69) is 16.5 Å². The number of rotatable bonds is 5. The minimum Gasteiger partial charge on any atom is -0.305 e. The number of hydrogen-bond acceptors (Lipinski definition) is 5. The van der Waals surface area contributed by atoms with Crippen molar-refractivity contribution in [1.29, 1.82) is 0 Å². The zero-order chi connectivity index (χ0) is 22.9. The summed E-state index contributed by atoms with van der Waals surface area (Å²) < 4.78 is 0. The predicted octanol–water partition coefficient (Wildman–Crippen LogP) is 4.26. The summed E-state index contributed by atoms with van der Waals surface area (Å²) in [5, 5.41) is 0. The Morgan fingerprint density at radius 3 is 1.91 bits per heavy atom. The molecule has 0 spiro atoms. The van der Waals surface area contributed by atoms with E-state index in [4.69, 9.17) is 0 Å². The van der Waals surface area contributed by atoms with Gasteiger partial charge >= 0.3 is 0 Å². The molecule has 7 heteroatoms. The second-order valence-corrected chi connectivity index (χ2v) is 7.44. The second kappa shape index (κ2) is 8.12. The molecular formula is C26H18N4O3. The molecule has 0 N–H and O–H groups in total. The van der Waals surface area contributed by atoms with E-state index in [-0.39, 0.29) is 17.3 Å². The number of para-hydroxylation sites is 3. The third kappa shape index (κ3) is 3.45. The van der Waals surface area contributed by atoms with Crippen LogP contribution in [0.4, 0.5) is 11.4 Å². The van der Waals surface area contributed by atoms with Crippen molar-refractivity contribution in [3.05, 3.63) is 108 Å². The van der Waals surface area contributed by atoms with E-state index in [0.29, 0.717) is 28.8 Å². The largest absolute Gasteiger partial charge is 0.305 e. The first-order chi connectivity index (χ1) is 16.1. The maximum Gasteiger partial charge on any atom is 0.286 e. The Bertz CT molecular complexity index is 1360. The lowest BCUT2D eigenvalue weighted by Gasteiger charge is -2.22. The van der Waals surface area contributed by atoms with Gasteiger partial charge in [-0.1, -0.05) is 36.4 Å². The van der Waals surface area contributed by atoms with Gasteiger partial charge < -0.3 is 4.90 Å². The maximum atomic E-state index is 13.1. The van der Waals surface area contributed by atoms with Crippen LogP contribution in [-0.4, -0.2) is 34.2 Å². The Hall–Kier alpha value is -4.65. The van der Waals surface area contributed by atoms with E-state index in [1.54, 1.807) is 59.5 Å². The van der Waals surface area contributed by atoms with Gasteiger partial charge in [0, 0.05) is 17.8 Å². The summed E-state index contributed by atoms with van der Waals surface area (Å²) in [6, 6.07) is 22.7. The zero-order valence-electron chi connectivity index (χ0n) is 17.5. The van der Waals surface area contributed by atoms with Crippen LogP contribution in [0, 0.1) is 0 Å². The molecule has 1 aromatic heterocycles. The van der Waals surface area contributed by atoms with Gasteiger partial charge in [-0.25, -0.2) is 14.9 Å². The van der Waals surface area contributed by atoms with Crippen LogP contribution in [0.25, 0.3) is 11.0 Å². The van der Waals surface area contributed by atoms with Crippen LogP contribution in [0.3, 0.4) is 0 Å². The van der Waals surface area contributed by atoms with Crippen LogP contribution >= 0.6 is 0 Å². The first-order valence-corrected chi connectivity index (χ1v) is 10.3. The van der Waals surface area contributed by atoms with Crippen LogP contribution in [-0.2, 0) is 0 Å². The van der Waals surface area contributed by atoms with Crippen molar-refractivity contribution >= 4 is 40.1 Å². The lowest BCUT2D eigenvalue weighted by atomic mass is 10.1. The van der Waals surface area contributed by atoms with E-state index in [1.165, 1.54) is 0 Å². The lowest BCUT2D eigenvalue weighted by molar-refractivity contribution is 0.0922. The normalized spacial score (nSPS) is 12.7. The van der Waals surface area contributed by atoms with Crippen molar-refractivity contribution in [2.24, 2.45) is 0 Å². The van der Waals surface area contributed by atoms with Gasteiger partial charge in [0.1, 0.15) is 0 Å². The molecule has 0 saturated carbocycles. The van der Waals surface area contributed by atoms with Gasteiger partial charge in [0.25, 0.3) is 17.7 Å². The van der Waals surface area contributed by atoms with Crippen molar-refractivity contribution in [1.82, 2.24) is 9.97 Å². The topological polar surface area (TPSA) is 83.5 Å². The van der Waals surface area contributed by atoms with Crippen molar-refractivity contribution in [3.63, 3.8) is 0 Å². The summed E-state index contributed by atoms with van der Waals surface area (Å²) in [6.45, 7) is 4.08. The molecule has 3 aromatic carbocycles. The number of amides is 3. The molecule has 7 nitrogen and oxygen atoms in total. The first-order valence-electron chi connectivity index (χ1n) is 10.3. The van der Waals surface area contributed by atoms with Crippen molar-refractivity contribution in [2.45, 2.75) is 0 Å². The summed E-state index contributed by atoms with van der Waals surface area (Å²) in [4.78, 5) is 50.4. The molecule has 0 fully saturated rings. The Kier molecular flexibility index (Phi) is 4.99. The highest BCUT2D eigenvalue weighted by atomic mass is 16.2. The zero-order valence-corrected chi connectivity index (χ0v) is 17.5. The Morgan fingerprint density at radius 1 is 0.818 bits per heavy atom. The highest BCUT2D eigenvalue weighted by molar-refractivity contribution is 6.33. The molecule has 2 heterocycles. The summed E-state index contributed by atoms with van der Waals surface area (Å²) in [6.07, 6.45) is 1.65. The Balaban J connectivity index is 1.45. The summed E-state index contributed by atoms with van der Waals surface area (Å²) in [5.74, 6) is -1.29. The molecule has 3 amide bonds. The van der Waals surface area contributed by atoms with Crippen molar-refractivity contribution in [2.75, 3.05) is 16.3 Å². The van der Waals surface area contributed by atoms with E-state index >= 15 is 0 Å². The first kappa shape index (κ1) is 20.3. The van der Waals surface area contributed by atoms with Gasteiger partial charge in [-0.15, -0.1) is 6.58 Å². The number of anilines is 2. The van der Waals surface area contributed by atoms with Crippen molar-refractivity contribution < 1.29 is 14.4 Å². The molecule has 0 radical (unpaired) electrons. The fourth-order valence-electron chi connectivity index (χ4n) is 3.79. The monoisotopic (exact) mass is 434 g/mol. The van der Waals surface area contributed by atoms with Gasteiger partial charge in [-0.05, 0) is 48.5 Å². The third-order valence-electron chi connectivity index (χ3n) is 5.38. The predicted molar refractivity (Wildman–Crippen MR) is 125 cm³/mol. The van der Waals surface area contributed by atoms with Crippen LogP contribution in [0.1, 0.15) is 31.3 Å². The Morgan fingerprint density at radius 2 is 1.36 bits per heavy atom. The molecule has 5 rings (SSSR count). The molecule has 0 aliphatic carbocycles. The van der Waals surface area contributed by atoms with Gasteiger partial charge in [0.15, 0.2) is 11.4 Å². The van der Waals surface area contributed by atoms with Gasteiger partial charge in [0.2, 0.25) is 0 Å². The minimum atomic E-state index is -0.537. The summed E-state index contributed by atoms with van der Waals surface area (Å²) in [5.41, 5.74) is 2.66. The number of nitrogens with zero attached hydrogens (tertiary/aromatic N) is 4. The van der Waals surface area contributed by atoms with E-state index < -0.39 is 11.8 Å². The average molecular weight is 434 g/mol. The van der Waals surface area contributed by atoms with E-state index in [9.17, 15) is 14.4 Å². The maximum absolute atomic E-state index is 13.1. The molecular weight excluding hydrogens is 416 g/mol. The quantitative estimate of drug-likeness (QED) is 0.346. The number of fused-ring (bicyclic) bond motifs is 2. The smallest absolute Gasteiger partial charge is 0.286 e. The minimum absolute atomic E-state index is 0.0279. The van der Waals surface area contributed by atoms with E-state index in [0.717, 1.165) is 10.6 Å². The molecule has 160 valence electrons. The Labute approximate surface area is 189 Å². The number of carbonyl (C=O) groups is 3. The van der Waals surface area contributed by atoms with Gasteiger partial charge in [0.05, 0.1) is 16.7 Å². The standard InChI is InChI=1S/C26H18N4O3/c1-2-16-29(18-8-4-3-5-9-18)24(31)17-12-14-19(15-13-17)30-25(32)22-23(26(30)33)28-21-11-7-6-10-20(21)27-22/h2-15H,1,16H2. The molecule has 0 bridgehead atoms. The highest BCUT2D eigenvalue weighted by Crippen LogP contribution is 2.28. The highest BCUT2D eigenvalue weighted by Gasteiger charge is 2.40. The second-order valence-electron chi connectivity index (χ2n) is 7.44. The van der Waals surface area contributed by atoms with Crippen LogP contribution < -0.4 is 9.80 Å². The molecule has 1 aliphatic heterocycles. The van der Waals surface area contributed by atoms with Crippen molar-refractivity contribution in [3.8, 4) is 0 Å². The number of benzene rings is 3. The third-order valence-corrected chi connectivity index (χ3v) is 5.38. The SMILES string of the molecule is C=CCN(C(=O)c1ccc(N2C(=O)c3nc4ccccc4nc3C2=O)cc1)c1ccccc1. The van der Waals surface area contributed by atoms with Gasteiger partial charge in [-0.2, -0.15) is 0 Å². The number of imide groups is 1. The van der Waals surface area contributed by atoms with Crippen LogP contribution in [0.2, 0.25) is 0 Å². The summed E-state index contributed by atoms with van der Waals surface area (Å²) >= 11 is 0. The van der Waals surface area contributed by atoms with Gasteiger partial charge in [-0.3, -0.25) is 14.4 Å². The van der Waals surface area contributed by atoms with Crippen LogP contribution in [0.15, 0.2) is 91.5 Å². The van der Waals surface area contributed by atoms with E-state index in [1.807, 2.05) is 30.3 Å². The molecule has 4 aromatic rings. The average Bonchev–Trinajstić information content (AvgIpc) is 3.10. The lowest BCUT2D eigenvalue weighted by Crippen LogP contribution is -2.31. The molecule has 0 atom stereocenters. The number of carbonyl (C=O) groups excluding carboxylic acids is 3. The molecule has 0 unspecified atom stereocenters. The molecule has 0 saturated heterocycles. The molecule has 33 heavy (non-hydrogen) atoms. The summed E-state index contributed by atoms with van der Waals surface area (Å²) in [7, 11) is 0. The number of hydrogen-bond donors (Lipinski definition) is 0.